The lowest BCUT2D eigenvalue weighted by molar-refractivity contribution is 0.170. The van der Waals surface area contributed by atoms with E-state index in [2.05, 4.69) is 20.5 Å². The Morgan fingerprint density at radius 2 is 2.00 bits per heavy atom. The summed E-state index contributed by atoms with van der Waals surface area (Å²) < 4.78 is 0. The number of piperazine rings is 1. The number of aromatic nitrogens is 1. The molecule has 26 heavy (non-hydrogen) atoms. The van der Waals surface area contributed by atoms with Gasteiger partial charge in [0.25, 0.3) is 0 Å². The van der Waals surface area contributed by atoms with Gasteiger partial charge in [-0.2, -0.15) is 0 Å². The van der Waals surface area contributed by atoms with Crippen molar-refractivity contribution in [3.63, 3.8) is 0 Å². The first kappa shape index (κ1) is 20.3. The van der Waals surface area contributed by atoms with E-state index in [1.807, 2.05) is 12.1 Å². The van der Waals surface area contributed by atoms with Gasteiger partial charge in [-0.3, -0.25) is 9.80 Å². The van der Waals surface area contributed by atoms with Crippen LogP contribution in [0, 0.1) is 0 Å². The zero-order valence-electron chi connectivity index (χ0n) is 14.5. The van der Waals surface area contributed by atoms with Crippen LogP contribution in [0.1, 0.15) is 11.4 Å². The van der Waals surface area contributed by atoms with Gasteiger partial charge in [0.2, 0.25) is 0 Å². The number of hydrogen-bond acceptors (Lipinski definition) is 5. The summed E-state index contributed by atoms with van der Waals surface area (Å²) in [5.74, 6) is 0. The molecule has 1 aromatic heterocycles. The maximum absolute atomic E-state index is 6.30. The molecule has 0 amide bonds. The Kier molecular flexibility index (Phi) is 7.19. The molecule has 4 nitrogen and oxygen atoms in total. The van der Waals surface area contributed by atoms with Crippen molar-refractivity contribution < 1.29 is 0 Å². The summed E-state index contributed by atoms with van der Waals surface area (Å²) in [5.41, 5.74) is 1.84. The molecule has 2 aromatic rings. The molecule has 0 saturated carbocycles. The Bertz CT molecular complexity index is 733. The Balaban J connectivity index is 0.00000196. The van der Waals surface area contributed by atoms with Crippen LogP contribution in [0.5, 0.6) is 0 Å². The van der Waals surface area contributed by atoms with Crippen molar-refractivity contribution in [2.24, 2.45) is 0 Å². The van der Waals surface area contributed by atoms with Gasteiger partial charge in [0.15, 0.2) is 0 Å². The molecule has 3 heterocycles. The second-order valence-corrected chi connectivity index (χ2v) is 8.50. The standard InChI is InChI=1S/C18H22Cl2N4S.ClH/c19-13-1-2-16(20)15(9-13)17-12-25-18(22-17)11-23-6-3-14(10-23)24-7-4-21-5-8-24;/h1-2,9,12,14,21H,3-8,10-11H2;1H. The quantitative estimate of drug-likeness (QED) is 0.789. The summed E-state index contributed by atoms with van der Waals surface area (Å²) in [4.78, 5) is 9.95. The fraction of sp³-hybridized carbons (Fsp3) is 0.500. The van der Waals surface area contributed by atoms with Crippen molar-refractivity contribution in [1.29, 1.82) is 0 Å². The van der Waals surface area contributed by atoms with Gasteiger partial charge in [-0.05, 0) is 24.6 Å². The SMILES string of the molecule is Cl.Clc1ccc(Cl)c(-c2csc(CN3CCC(N4CCNCC4)C3)n2)c1. The number of hydrogen-bond donors (Lipinski definition) is 1. The zero-order valence-corrected chi connectivity index (χ0v) is 17.6. The van der Waals surface area contributed by atoms with E-state index < -0.39 is 0 Å². The van der Waals surface area contributed by atoms with Crippen LogP contribution in [0.3, 0.4) is 0 Å². The van der Waals surface area contributed by atoms with Gasteiger partial charge in [-0.25, -0.2) is 4.98 Å². The van der Waals surface area contributed by atoms with Crippen LogP contribution in [0.15, 0.2) is 23.6 Å². The molecule has 1 atom stereocenters. The minimum absolute atomic E-state index is 0. The largest absolute Gasteiger partial charge is 0.314 e. The summed E-state index contributed by atoms with van der Waals surface area (Å²) in [6.07, 6.45) is 1.26. The molecular formula is C18H23Cl3N4S. The van der Waals surface area contributed by atoms with Gasteiger partial charge in [-0.15, -0.1) is 23.7 Å². The monoisotopic (exact) mass is 432 g/mol. The van der Waals surface area contributed by atoms with Crippen LogP contribution >= 0.6 is 46.9 Å². The number of thiazole rings is 1. The molecule has 0 bridgehead atoms. The molecule has 4 rings (SSSR count). The molecule has 0 radical (unpaired) electrons. The number of likely N-dealkylation sites (tertiary alicyclic amines) is 1. The van der Waals surface area contributed by atoms with Crippen molar-refractivity contribution in [2.45, 2.75) is 19.0 Å². The summed E-state index contributed by atoms with van der Waals surface area (Å²) in [5, 5.41) is 8.04. The molecule has 1 N–H and O–H groups in total. The average molecular weight is 434 g/mol. The smallest absolute Gasteiger partial charge is 0.107 e. The Labute approximate surface area is 174 Å². The van der Waals surface area contributed by atoms with Gasteiger partial charge in [-0.1, -0.05) is 23.2 Å². The second-order valence-electron chi connectivity index (χ2n) is 6.71. The summed E-state index contributed by atoms with van der Waals surface area (Å²) in [6, 6.07) is 6.22. The molecule has 1 unspecified atom stereocenters. The molecule has 2 aliphatic heterocycles. The van der Waals surface area contributed by atoms with Crippen molar-refractivity contribution in [1.82, 2.24) is 20.1 Å². The third-order valence-corrected chi connectivity index (χ3v) is 6.43. The number of nitrogens with zero attached hydrogens (tertiary/aromatic N) is 3. The Hall–Kier alpha value is -0.400. The van der Waals surface area contributed by atoms with E-state index in [-0.39, 0.29) is 12.4 Å². The first-order valence-electron chi connectivity index (χ1n) is 8.76. The molecular weight excluding hydrogens is 411 g/mol. The third kappa shape index (κ3) is 4.71. The van der Waals surface area contributed by atoms with E-state index in [1.165, 1.54) is 19.5 Å². The highest BCUT2D eigenvalue weighted by molar-refractivity contribution is 7.09. The molecule has 0 spiro atoms. The maximum Gasteiger partial charge on any atom is 0.107 e. The highest BCUT2D eigenvalue weighted by Gasteiger charge is 2.28. The van der Waals surface area contributed by atoms with E-state index in [1.54, 1.807) is 17.4 Å². The minimum atomic E-state index is 0. The first-order valence-corrected chi connectivity index (χ1v) is 10.4. The van der Waals surface area contributed by atoms with E-state index >= 15 is 0 Å². The summed E-state index contributed by atoms with van der Waals surface area (Å²) in [7, 11) is 0. The van der Waals surface area contributed by atoms with Crippen LogP contribution in [-0.2, 0) is 6.54 Å². The molecule has 0 aliphatic carbocycles. The predicted molar refractivity (Wildman–Crippen MR) is 113 cm³/mol. The van der Waals surface area contributed by atoms with Crippen LogP contribution in [-0.4, -0.2) is 60.1 Å². The number of rotatable bonds is 4. The topological polar surface area (TPSA) is 31.4 Å². The molecule has 142 valence electrons. The Morgan fingerprint density at radius 3 is 2.81 bits per heavy atom. The molecule has 2 saturated heterocycles. The molecule has 2 fully saturated rings. The number of halogens is 3. The molecule has 2 aliphatic rings. The van der Waals surface area contributed by atoms with Crippen molar-refractivity contribution >= 4 is 46.9 Å². The van der Waals surface area contributed by atoms with Crippen LogP contribution in [0.25, 0.3) is 11.3 Å². The van der Waals surface area contributed by atoms with Gasteiger partial charge >= 0.3 is 0 Å². The molecule has 1 aromatic carbocycles. The highest BCUT2D eigenvalue weighted by Crippen LogP contribution is 2.32. The van der Waals surface area contributed by atoms with E-state index in [0.29, 0.717) is 16.1 Å². The van der Waals surface area contributed by atoms with Gasteiger partial charge < -0.3 is 5.32 Å². The van der Waals surface area contributed by atoms with Crippen molar-refractivity contribution in [3.8, 4) is 11.3 Å². The van der Waals surface area contributed by atoms with Gasteiger partial charge in [0.1, 0.15) is 5.01 Å². The number of nitrogens with one attached hydrogen (secondary N) is 1. The maximum atomic E-state index is 6.30. The second kappa shape index (κ2) is 9.20. The fourth-order valence-electron chi connectivity index (χ4n) is 3.69. The van der Waals surface area contributed by atoms with Crippen LogP contribution in [0.2, 0.25) is 10.0 Å². The highest BCUT2D eigenvalue weighted by atomic mass is 35.5. The van der Waals surface area contributed by atoms with Crippen molar-refractivity contribution in [2.75, 3.05) is 39.3 Å². The summed E-state index contributed by atoms with van der Waals surface area (Å²) >= 11 is 14.1. The van der Waals surface area contributed by atoms with Crippen molar-refractivity contribution in [3.05, 3.63) is 38.6 Å². The normalized spacial score (nSPS) is 21.7. The average Bonchev–Trinajstić information content (AvgIpc) is 3.28. The fourth-order valence-corrected chi connectivity index (χ4v) is 4.92. The van der Waals surface area contributed by atoms with E-state index in [9.17, 15) is 0 Å². The number of benzene rings is 1. The van der Waals surface area contributed by atoms with E-state index in [0.717, 1.165) is 49.0 Å². The minimum Gasteiger partial charge on any atom is -0.314 e. The zero-order chi connectivity index (χ0) is 17.2. The predicted octanol–water partition coefficient (Wildman–Crippen LogP) is 4.02. The third-order valence-electron chi connectivity index (χ3n) is 5.03. The van der Waals surface area contributed by atoms with Crippen LogP contribution in [0.4, 0.5) is 0 Å². The first-order chi connectivity index (χ1) is 12.2. The summed E-state index contributed by atoms with van der Waals surface area (Å²) in [6.45, 7) is 7.81. The molecule has 8 heteroatoms. The lowest BCUT2D eigenvalue weighted by Crippen LogP contribution is -2.49. The lowest BCUT2D eigenvalue weighted by Gasteiger charge is -2.32. The lowest BCUT2D eigenvalue weighted by atomic mass is 10.2. The van der Waals surface area contributed by atoms with Gasteiger partial charge in [0.05, 0.1) is 17.3 Å². The Morgan fingerprint density at radius 1 is 1.19 bits per heavy atom. The van der Waals surface area contributed by atoms with Crippen LogP contribution < -0.4 is 5.32 Å². The van der Waals surface area contributed by atoms with Gasteiger partial charge in [0, 0.05) is 61.3 Å². The van der Waals surface area contributed by atoms with E-state index in [4.69, 9.17) is 28.2 Å².